The molecule has 9 heavy (non-hydrogen) atoms. The average Bonchev–Trinajstić information content (AvgIpc) is 1.90. The van der Waals surface area contributed by atoms with Gasteiger partial charge in [-0.05, 0) is 13.3 Å². The van der Waals surface area contributed by atoms with Gasteiger partial charge in [-0.2, -0.15) is 0 Å². The van der Waals surface area contributed by atoms with E-state index in [-0.39, 0.29) is 0 Å². The van der Waals surface area contributed by atoms with Crippen LogP contribution >= 0.6 is 0 Å². The largest absolute Gasteiger partial charge is 0.311 e. The summed E-state index contributed by atoms with van der Waals surface area (Å²) in [5.74, 6) is 0. The fourth-order valence-corrected chi connectivity index (χ4v) is 1.12. The van der Waals surface area contributed by atoms with E-state index in [0.717, 1.165) is 13.1 Å². The van der Waals surface area contributed by atoms with Gasteiger partial charge in [-0.15, -0.1) is 0 Å². The maximum atomic E-state index is 3.46. The molecule has 1 saturated heterocycles. The van der Waals surface area contributed by atoms with Crippen LogP contribution in [0.3, 0.4) is 0 Å². The van der Waals surface area contributed by atoms with Crippen LogP contribution < -0.4 is 10.6 Å². The Hall–Kier alpha value is -0.0800. The van der Waals surface area contributed by atoms with E-state index < -0.39 is 0 Å². The highest BCUT2D eigenvalue weighted by atomic mass is 15.1. The zero-order valence-electron chi connectivity index (χ0n) is 6.28. The summed E-state index contributed by atoms with van der Waals surface area (Å²) in [6, 6.07) is 1.37. The predicted molar refractivity (Wildman–Crippen MR) is 39.5 cm³/mol. The van der Waals surface area contributed by atoms with Gasteiger partial charge >= 0.3 is 0 Å². The fraction of sp³-hybridized carbons (Fsp3) is 1.00. The molecule has 0 aromatic heterocycles. The van der Waals surface area contributed by atoms with Gasteiger partial charge in [-0.3, -0.25) is 0 Å². The highest BCUT2D eigenvalue weighted by Gasteiger charge is 2.13. The molecule has 0 saturated carbocycles. The molecule has 0 amide bonds. The molecule has 0 aromatic carbocycles. The van der Waals surface area contributed by atoms with Crippen molar-refractivity contribution in [1.82, 2.24) is 10.6 Å². The van der Waals surface area contributed by atoms with Crippen LogP contribution in [0.5, 0.6) is 0 Å². The highest BCUT2D eigenvalue weighted by molar-refractivity contribution is 4.78. The lowest BCUT2D eigenvalue weighted by Crippen LogP contribution is -2.52. The van der Waals surface area contributed by atoms with Crippen molar-refractivity contribution in [2.24, 2.45) is 0 Å². The standard InChI is InChI=1S/C7H16N2/c1-3-7-5-8-6(2)4-9-7/h6-9H,3-5H2,1-2H3/t6-,7+/m0/s1. The molecule has 1 rings (SSSR count). The smallest absolute Gasteiger partial charge is 0.0190 e. The topological polar surface area (TPSA) is 24.1 Å². The SMILES string of the molecule is CC[C@@H]1CN[C@@H](C)CN1. The molecule has 0 radical (unpaired) electrons. The molecular formula is C7H16N2. The molecule has 54 valence electrons. The minimum absolute atomic E-state index is 0.660. The van der Waals surface area contributed by atoms with Gasteiger partial charge in [0.15, 0.2) is 0 Å². The Morgan fingerprint density at radius 3 is 2.56 bits per heavy atom. The molecular weight excluding hydrogens is 112 g/mol. The molecule has 2 N–H and O–H groups in total. The molecule has 0 unspecified atom stereocenters. The summed E-state index contributed by atoms with van der Waals surface area (Å²) in [7, 11) is 0. The van der Waals surface area contributed by atoms with Crippen molar-refractivity contribution in [2.75, 3.05) is 13.1 Å². The van der Waals surface area contributed by atoms with Gasteiger partial charge in [0.1, 0.15) is 0 Å². The van der Waals surface area contributed by atoms with Gasteiger partial charge in [0.05, 0.1) is 0 Å². The Kier molecular flexibility index (Phi) is 2.49. The van der Waals surface area contributed by atoms with Crippen molar-refractivity contribution in [3.8, 4) is 0 Å². The van der Waals surface area contributed by atoms with Crippen molar-refractivity contribution in [1.29, 1.82) is 0 Å². The molecule has 2 atom stereocenters. The Balaban J connectivity index is 2.18. The second-order valence-corrected chi connectivity index (χ2v) is 2.82. The van der Waals surface area contributed by atoms with E-state index in [1.54, 1.807) is 0 Å². The minimum atomic E-state index is 0.660. The van der Waals surface area contributed by atoms with Crippen molar-refractivity contribution in [2.45, 2.75) is 32.4 Å². The van der Waals surface area contributed by atoms with Crippen LogP contribution in [0, 0.1) is 0 Å². The van der Waals surface area contributed by atoms with Gasteiger partial charge in [0, 0.05) is 25.2 Å². The average molecular weight is 128 g/mol. The van der Waals surface area contributed by atoms with Crippen LogP contribution in [-0.2, 0) is 0 Å². The Morgan fingerprint density at radius 2 is 2.11 bits per heavy atom. The van der Waals surface area contributed by atoms with E-state index in [4.69, 9.17) is 0 Å². The number of rotatable bonds is 1. The van der Waals surface area contributed by atoms with Gasteiger partial charge < -0.3 is 10.6 Å². The fourth-order valence-electron chi connectivity index (χ4n) is 1.12. The number of piperazine rings is 1. The molecule has 1 aliphatic heterocycles. The van der Waals surface area contributed by atoms with E-state index in [0.29, 0.717) is 12.1 Å². The normalized spacial score (nSPS) is 36.7. The molecule has 0 aromatic rings. The van der Waals surface area contributed by atoms with Crippen LogP contribution in [0.2, 0.25) is 0 Å². The lowest BCUT2D eigenvalue weighted by atomic mass is 10.1. The van der Waals surface area contributed by atoms with E-state index in [1.165, 1.54) is 6.42 Å². The number of hydrogen-bond acceptors (Lipinski definition) is 2. The summed E-state index contributed by atoms with van der Waals surface area (Å²) in [6.45, 7) is 6.68. The molecule has 0 spiro atoms. The Morgan fingerprint density at radius 1 is 1.33 bits per heavy atom. The van der Waals surface area contributed by atoms with Crippen molar-refractivity contribution < 1.29 is 0 Å². The first kappa shape index (κ1) is 7.03. The third-order valence-corrected chi connectivity index (χ3v) is 1.92. The highest BCUT2D eigenvalue weighted by Crippen LogP contribution is 1.95. The quantitative estimate of drug-likeness (QED) is 0.532. The first-order chi connectivity index (χ1) is 4.33. The first-order valence-electron chi connectivity index (χ1n) is 3.79. The lowest BCUT2D eigenvalue weighted by molar-refractivity contribution is 0.354. The Bertz CT molecular complexity index is 75.0. The number of nitrogens with one attached hydrogen (secondary N) is 2. The van der Waals surface area contributed by atoms with Crippen LogP contribution in [0.15, 0.2) is 0 Å². The predicted octanol–water partition coefficient (Wildman–Crippen LogP) is 0.346. The molecule has 1 heterocycles. The van der Waals surface area contributed by atoms with E-state index in [2.05, 4.69) is 24.5 Å². The van der Waals surface area contributed by atoms with Crippen molar-refractivity contribution in [3.63, 3.8) is 0 Å². The summed E-state index contributed by atoms with van der Waals surface area (Å²) in [4.78, 5) is 0. The van der Waals surface area contributed by atoms with Gasteiger partial charge in [0.25, 0.3) is 0 Å². The van der Waals surface area contributed by atoms with E-state index in [1.807, 2.05) is 0 Å². The molecule has 0 bridgehead atoms. The maximum Gasteiger partial charge on any atom is 0.0190 e. The second kappa shape index (κ2) is 3.18. The summed E-state index contributed by atoms with van der Waals surface area (Å²) in [6.07, 6.45) is 1.24. The van der Waals surface area contributed by atoms with Gasteiger partial charge in [0.2, 0.25) is 0 Å². The summed E-state index contributed by atoms with van der Waals surface area (Å²) in [5.41, 5.74) is 0. The zero-order chi connectivity index (χ0) is 6.69. The van der Waals surface area contributed by atoms with Crippen LogP contribution in [0.25, 0.3) is 0 Å². The second-order valence-electron chi connectivity index (χ2n) is 2.82. The summed E-state index contributed by atoms with van der Waals surface area (Å²) < 4.78 is 0. The van der Waals surface area contributed by atoms with Gasteiger partial charge in [-0.25, -0.2) is 0 Å². The molecule has 1 aliphatic rings. The molecule has 2 heteroatoms. The number of hydrogen-bond donors (Lipinski definition) is 2. The van der Waals surface area contributed by atoms with E-state index in [9.17, 15) is 0 Å². The van der Waals surface area contributed by atoms with Crippen molar-refractivity contribution >= 4 is 0 Å². The summed E-state index contributed by atoms with van der Waals surface area (Å²) >= 11 is 0. The Labute approximate surface area is 57.0 Å². The lowest BCUT2D eigenvalue weighted by Gasteiger charge is -2.28. The zero-order valence-corrected chi connectivity index (χ0v) is 6.28. The van der Waals surface area contributed by atoms with Crippen molar-refractivity contribution in [3.05, 3.63) is 0 Å². The van der Waals surface area contributed by atoms with E-state index >= 15 is 0 Å². The third kappa shape index (κ3) is 1.95. The maximum absolute atomic E-state index is 3.46. The molecule has 1 fully saturated rings. The summed E-state index contributed by atoms with van der Waals surface area (Å²) in [5, 5.41) is 6.88. The minimum Gasteiger partial charge on any atom is -0.311 e. The van der Waals surface area contributed by atoms with Crippen LogP contribution in [0.1, 0.15) is 20.3 Å². The third-order valence-electron chi connectivity index (χ3n) is 1.92. The first-order valence-corrected chi connectivity index (χ1v) is 3.79. The van der Waals surface area contributed by atoms with Gasteiger partial charge in [-0.1, -0.05) is 6.92 Å². The van der Waals surface area contributed by atoms with Crippen LogP contribution in [-0.4, -0.2) is 25.2 Å². The molecule has 2 nitrogen and oxygen atoms in total. The molecule has 0 aliphatic carbocycles. The van der Waals surface area contributed by atoms with Crippen LogP contribution in [0.4, 0.5) is 0 Å². The monoisotopic (exact) mass is 128 g/mol.